The van der Waals surface area contributed by atoms with Crippen molar-refractivity contribution in [3.05, 3.63) is 0 Å². The van der Waals surface area contributed by atoms with E-state index in [1.165, 1.54) is 18.7 Å². The Morgan fingerprint density at radius 3 is 2.58 bits per heavy atom. The molecule has 2 rings (SSSR count). The number of hydrogen-bond acceptors (Lipinski definition) is 3. The lowest BCUT2D eigenvalue weighted by molar-refractivity contribution is 0.743. The molecule has 72 valence electrons. The largest absolute Gasteiger partial charge is 0.371 e. The van der Waals surface area contributed by atoms with Crippen molar-refractivity contribution in [3.63, 3.8) is 0 Å². The molecular weight excluding hydrogens is 197 g/mol. The second-order valence-electron chi connectivity index (χ2n) is 2.84. The molecule has 2 heterocycles. The standard InChI is InChI=1S/C7H13N3.2ClH/c1-2-6(8-3-1)7-9-4-5-10-7;;/h6,8H,1-5H2,(H,9,10);2*1H. The normalized spacial score (nSPS) is 26.7. The molecule has 0 amide bonds. The van der Waals surface area contributed by atoms with E-state index in [1.807, 2.05) is 0 Å². The second kappa shape index (κ2) is 5.62. The van der Waals surface area contributed by atoms with Gasteiger partial charge in [0.1, 0.15) is 5.84 Å². The molecule has 0 aromatic heterocycles. The van der Waals surface area contributed by atoms with Gasteiger partial charge >= 0.3 is 0 Å². The third kappa shape index (κ3) is 2.51. The van der Waals surface area contributed by atoms with Crippen LogP contribution in [0.15, 0.2) is 4.99 Å². The smallest absolute Gasteiger partial charge is 0.114 e. The predicted molar refractivity (Wildman–Crippen MR) is 55.8 cm³/mol. The highest BCUT2D eigenvalue weighted by atomic mass is 35.5. The van der Waals surface area contributed by atoms with Crippen LogP contribution >= 0.6 is 24.8 Å². The monoisotopic (exact) mass is 211 g/mol. The van der Waals surface area contributed by atoms with E-state index >= 15 is 0 Å². The summed E-state index contributed by atoms with van der Waals surface area (Å²) in [5.41, 5.74) is 0. The van der Waals surface area contributed by atoms with Crippen LogP contribution < -0.4 is 10.6 Å². The van der Waals surface area contributed by atoms with Crippen LogP contribution in [-0.2, 0) is 0 Å². The van der Waals surface area contributed by atoms with Crippen molar-refractivity contribution in [3.8, 4) is 0 Å². The van der Waals surface area contributed by atoms with Crippen LogP contribution in [0.3, 0.4) is 0 Å². The summed E-state index contributed by atoms with van der Waals surface area (Å²) in [6, 6.07) is 0.544. The SMILES string of the molecule is C1CNC(C2=NCCN2)C1.Cl.Cl. The number of nitrogens with zero attached hydrogens (tertiary/aromatic N) is 1. The van der Waals surface area contributed by atoms with Crippen molar-refractivity contribution in [2.75, 3.05) is 19.6 Å². The third-order valence-electron chi connectivity index (χ3n) is 2.09. The average Bonchev–Trinajstić information content (AvgIpc) is 2.59. The van der Waals surface area contributed by atoms with E-state index in [0.29, 0.717) is 6.04 Å². The number of aliphatic imine (C=N–C) groups is 1. The van der Waals surface area contributed by atoms with Crippen LogP contribution in [0.25, 0.3) is 0 Å². The van der Waals surface area contributed by atoms with Gasteiger partial charge in [-0.25, -0.2) is 0 Å². The number of amidine groups is 1. The molecule has 1 saturated heterocycles. The first-order valence-electron chi connectivity index (χ1n) is 3.98. The van der Waals surface area contributed by atoms with E-state index in [-0.39, 0.29) is 24.8 Å². The third-order valence-corrected chi connectivity index (χ3v) is 2.09. The number of rotatable bonds is 1. The molecule has 2 aliphatic heterocycles. The fraction of sp³-hybridized carbons (Fsp3) is 0.857. The Morgan fingerprint density at radius 1 is 1.25 bits per heavy atom. The van der Waals surface area contributed by atoms with Gasteiger partial charge in [0.15, 0.2) is 0 Å². The van der Waals surface area contributed by atoms with Crippen LogP contribution in [0.1, 0.15) is 12.8 Å². The summed E-state index contributed by atoms with van der Waals surface area (Å²) in [4.78, 5) is 4.36. The first-order valence-corrected chi connectivity index (χ1v) is 3.98. The molecule has 1 fully saturated rings. The van der Waals surface area contributed by atoms with E-state index in [2.05, 4.69) is 15.6 Å². The van der Waals surface area contributed by atoms with E-state index in [9.17, 15) is 0 Å². The lowest BCUT2D eigenvalue weighted by atomic mass is 10.2. The summed E-state index contributed by atoms with van der Waals surface area (Å²) in [5.74, 6) is 1.19. The fourth-order valence-corrected chi connectivity index (χ4v) is 1.57. The Kier molecular flexibility index (Phi) is 5.63. The first-order chi connectivity index (χ1) is 4.97. The first kappa shape index (κ1) is 12.0. The molecule has 0 spiro atoms. The topological polar surface area (TPSA) is 36.4 Å². The molecule has 12 heavy (non-hydrogen) atoms. The van der Waals surface area contributed by atoms with Crippen LogP contribution in [0.5, 0.6) is 0 Å². The van der Waals surface area contributed by atoms with Crippen molar-refractivity contribution >= 4 is 30.6 Å². The van der Waals surface area contributed by atoms with Gasteiger partial charge in [0, 0.05) is 6.54 Å². The van der Waals surface area contributed by atoms with Gasteiger partial charge < -0.3 is 10.6 Å². The van der Waals surface area contributed by atoms with Gasteiger partial charge in [-0.1, -0.05) is 0 Å². The highest BCUT2D eigenvalue weighted by molar-refractivity contribution is 5.88. The maximum atomic E-state index is 4.36. The lowest BCUT2D eigenvalue weighted by Gasteiger charge is -2.09. The molecule has 1 unspecified atom stereocenters. The summed E-state index contributed by atoms with van der Waals surface area (Å²) >= 11 is 0. The molecule has 0 saturated carbocycles. The predicted octanol–water partition coefficient (Wildman–Crippen LogP) is 0.584. The maximum Gasteiger partial charge on any atom is 0.114 e. The summed E-state index contributed by atoms with van der Waals surface area (Å²) in [5, 5.41) is 6.69. The Bertz CT molecular complexity index is 155. The maximum absolute atomic E-state index is 4.36. The van der Waals surface area contributed by atoms with Gasteiger partial charge in [-0.15, -0.1) is 24.8 Å². The van der Waals surface area contributed by atoms with Gasteiger partial charge in [-0.3, -0.25) is 4.99 Å². The zero-order valence-electron chi connectivity index (χ0n) is 6.88. The molecule has 0 aromatic carbocycles. The zero-order valence-corrected chi connectivity index (χ0v) is 8.51. The molecule has 2 aliphatic rings. The van der Waals surface area contributed by atoms with Crippen LogP contribution in [-0.4, -0.2) is 31.5 Å². The van der Waals surface area contributed by atoms with Crippen LogP contribution in [0.2, 0.25) is 0 Å². The zero-order chi connectivity index (χ0) is 6.81. The molecule has 0 aliphatic carbocycles. The highest BCUT2D eigenvalue weighted by Gasteiger charge is 2.21. The molecule has 2 N–H and O–H groups in total. The van der Waals surface area contributed by atoms with E-state index in [0.717, 1.165) is 19.6 Å². The Hall–Kier alpha value is 0.01000. The van der Waals surface area contributed by atoms with E-state index in [1.54, 1.807) is 0 Å². The van der Waals surface area contributed by atoms with Gasteiger partial charge in [0.2, 0.25) is 0 Å². The summed E-state index contributed by atoms with van der Waals surface area (Å²) < 4.78 is 0. The van der Waals surface area contributed by atoms with Crippen molar-refractivity contribution in [1.82, 2.24) is 10.6 Å². The number of hydrogen-bond donors (Lipinski definition) is 2. The van der Waals surface area contributed by atoms with E-state index in [4.69, 9.17) is 0 Å². The van der Waals surface area contributed by atoms with Gasteiger partial charge in [-0.2, -0.15) is 0 Å². The van der Waals surface area contributed by atoms with Crippen LogP contribution in [0.4, 0.5) is 0 Å². The van der Waals surface area contributed by atoms with Gasteiger partial charge in [0.05, 0.1) is 12.6 Å². The highest BCUT2D eigenvalue weighted by Crippen LogP contribution is 2.06. The van der Waals surface area contributed by atoms with Crippen LogP contribution in [0, 0.1) is 0 Å². The van der Waals surface area contributed by atoms with Crippen molar-refractivity contribution in [2.24, 2.45) is 4.99 Å². The lowest BCUT2D eigenvalue weighted by Crippen LogP contribution is -2.37. The number of nitrogens with one attached hydrogen (secondary N) is 2. The summed E-state index contributed by atoms with van der Waals surface area (Å²) in [6.07, 6.45) is 2.55. The molecule has 0 bridgehead atoms. The minimum absolute atomic E-state index is 0. The van der Waals surface area contributed by atoms with Gasteiger partial charge in [-0.05, 0) is 19.4 Å². The summed E-state index contributed by atoms with van der Waals surface area (Å²) in [7, 11) is 0. The van der Waals surface area contributed by atoms with Crippen molar-refractivity contribution < 1.29 is 0 Å². The van der Waals surface area contributed by atoms with Gasteiger partial charge in [0.25, 0.3) is 0 Å². The molecule has 0 radical (unpaired) electrons. The van der Waals surface area contributed by atoms with E-state index < -0.39 is 0 Å². The summed E-state index contributed by atoms with van der Waals surface area (Å²) in [6.45, 7) is 3.16. The molecule has 3 nitrogen and oxygen atoms in total. The fourth-order valence-electron chi connectivity index (χ4n) is 1.57. The molecule has 5 heteroatoms. The molecular formula is C7H15Cl2N3. The van der Waals surface area contributed by atoms with Crippen molar-refractivity contribution in [1.29, 1.82) is 0 Å². The quantitative estimate of drug-likeness (QED) is 0.667. The second-order valence-corrected chi connectivity index (χ2v) is 2.84. The average molecular weight is 212 g/mol. The Balaban J connectivity index is 0.000000605. The molecule has 0 aromatic rings. The Labute approximate surface area is 85.2 Å². The molecule has 1 atom stereocenters. The minimum Gasteiger partial charge on any atom is -0.371 e. The Morgan fingerprint density at radius 2 is 2.08 bits per heavy atom. The minimum atomic E-state index is 0. The number of halogens is 2. The van der Waals surface area contributed by atoms with Crippen molar-refractivity contribution in [2.45, 2.75) is 18.9 Å².